The number of amides is 3. The van der Waals surface area contributed by atoms with Gasteiger partial charge in [-0.1, -0.05) is 0 Å². The Hall–Kier alpha value is -1.08. The number of likely N-dealkylation sites (tertiary alicyclic amines) is 1. The molecule has 1 fully saturated rings. The maximum atomic E-state index is 12.1. The first-order valence-electron chi connectivity index (χ1n) is 6.58. The van der Waals surface area contributed by atoms with Crippen LogP contribution in [0.4, 0.5) is 4.79 Å². The highest BCUT2D eigenvalue weighted by molar-refractivity contribution is 9.11. The SMILES string of the molecule is CC(=O)NC1CCCN(C(=O)NCc2ccc(Br)s2)C1. The number of carbonyl (C=O) groups is 2. The summed E-state index contributed by atoms with van der Waals surface area (Å²) in [6.45, 7) is 3.37. The Morgan fingerprint density at radius 2 is 2.30 bits per heavy atom. The fraction of sp³-hybridized carbons (Fsp3) is 0.538. The molecule has 3 amide bonds. The van der Waals surface area contributed by atoms with Crippen molar-refractivity contribution in [2.75, 3.05) is 13.1 Å². The van der Waals surface area contributed by atoms with E-state index in [9.17, 15) is 9.59 Å². The van der Waals surface area contributed by atoms with E-state index in [1.54, 1.807) is 16.2 Å². The molecule has 2 rings (SSSR count). The third kappa shape index (κ3) is 4.49. The van der Waals surface area contributed by atoms with Gasteiger partial charge in [0.05, 0.1) is 10.3 Å². The fourth-order valence-electron chi connectivity index (χ4n) is 2.29. The van der Waals surface area contributed by atoms with E-state index in [0.29, 0.717) is 13.1 Å². The molecule has 1 aromatic heterocycles. The van der Waals surface area contributed by atoms with Crippen molar-refractivity contribution in [3.8, 4) is 0 Å². The van der Waals surface area contributed by atoms with E-state index in [-0.39, 0.29) is 18.0 Å². The number of urea groups is 1. The summed E-state index contributed by atoms with van der Waals surface area (Å²) in [6, 6.07) is 3.97. The summed E-state index contributed by atoms with van der Waals surface area (Å²) in [5.41, 5.74) is 0. The number of halogens is 1. The van der Waals surface area contributed by atoms with Crippen LogP contribution in [0.1, 0.15) is 24.6 Å². The van der Waals surface area contributed by atoms with Crippen molar-refractivity contribution in [1.82, 2.24) is 15.5 Å². The molecular formula is C13H18BrN3O2S. The molecule has 110 valence electrons. The molecule has 0 saturated carbocycles. The van der Waals surface area contributed by atoms with Gasteiger partial charge in [0, 0.05) is 30.9 Å². The van der Waals surface area contributed by atoms with Crippen molar-refractivity contribution in [2.24, 2.45) is 0 Å². The second-order valence-electron chi connectivity index (χ2n) is 4.85. The van der Waals surface area contributed by atoms with Gasteiger partial charge in [-0.15, -0.1) is 11.3 Å². The highest BCUT2D eigenvalue weighted by atomic mass is 79.9. The molecule has 1 aliphatic rings. The van der Waals surface area contributed by atoms with E-state index in [1.807, 2.05) is 12.1 Å². The minimum atomic E-state index is -0.0652. The predicted octanol–water partition coefficient (Wildman–Crippen LogP) is 2.32. The number of nitrogens with zero attached hydrogens (tertiary/aromatic N) is 1. The molecule has 2 N–H and O–H groups in total. The predicted molar refractivity (Wildman–Crippen MR) is 82.7 cm³/mol. The Bertz CT molecular complexity index is 492. The average Bonchev–Trinajstić information content (AvgIpc) is 2.81. The van der Waals surface area contributed by atoms with Gasteiger partial charge in [0.1, 0.15) is 0 Å². The normalized spacial score (nSPS) is 18.7. The lowest BCUT2D eigenvalue weighted by atomic mass is 10.1. The molecule has 5 nitrogen and oxygen atoms in total. The number of hydrogen-bond acceptors (Lipinski definition) is 3. The summed E-state index contributed by atoms with van der Waals surface area (Å²) in [5, 5.41) is 5.80. The van der Waals surface area contributed by atoms with Gasteiger partial charge < -0.3 is 15.5 Å². The number of nitrogens with one attached hydrogen (secondary N) is 2. The maximum absolute atomic E-state index is 12.1. The molecule has 0 aliphatic carbocycles. The van der Waals surface area contributed by atoms with Crippen molar-refractivity contribution in [3.63, 3.8) is 0 Å². The van der Waals surface area contributed by atoms with Crippen LogP contribution in [0.25, 0.3) is 0 Å². The van der Waals surface area contributed by atoms with Crippen LogP contribution in [-0.4, -0.2) is 36.0 Å². The second-order valence-corrected chi connectivity index (χ2v) is 7.40. The topological polar surface area (TPSA) is 61.4 Å². The molecule has 1 atom stereocenters. The molecule has 1 aliphatic heterocycles. The highest BCUT2D eigenvalue weighted by Crippen LogP contribution is 2.21. The molecule has 2 heterocycles. The molecular weight excluding hydrogens is 342 g/mol. The van der Waals surface area contributed by atoms with Crippen molar-refractivity contribution in [1.29, 1.82) is 0 Å². The molecule has 0 aromatic carbocycles. The molecule has 1 saturated heterocycles. The van der Waals surface area contributed by atoms with Crippen LogP contribution in [0.5, 0.6) is 0 Å². The molecule has 1 unspecified atom stereocenters. The summed E-state index contributed by atoms with van der Waals surface area (Å²) in [6.07, 6.45) is 1.85. The van der Waals surface area contributed by atoms with Crippen LogP contribution in [0, 0.1) is 0 Å². The van der Waals surface area contributed by atoms with E-state index >= 15 is 0 Å². The number of rotatable bonds is 3. The van der Waals surface area contributed by atoms with Crippen molar-refractivity contribution < 1.29 is 9.59 Å². The van der Waals surface area contributed by atoms with Gasteiger partial charge in [-0.3, -0.25) is 4.79 Å². The number of thiophene rings is 1. The van der Waals surface area contributed by atoms with Gasteiger partial charge in [-0.25, -0.2) is 4.79 Å². The van der Waals surface area contributed by atoms with Crippen molar-refractivity contribution in [3.05, 3.63) is 20.8 Å². The van der Waals surface area contributed by atoms with Crippen LogP contribution in [0.15, 0.2) is 15.9 Å². The maximum Gasteiger partial charge on any atom is 0.317 e. The summed E-state index contributed by atoms with van der Waals surface area (Å²) < 4.78 is 1.06. The van der Waals surface area contributed by atoms with E-state index in [1.165, 1.54) is 6.92 Å². The van der Waals surface area contributed by atoms with Crippen molar-refractivity contribution >= 4 is 39.2 Å². The van der Waals surface area contributed by atoms with Crippen LogP contribution in [-0.2, 0) is 11.3 Å². The quantitative estimate of drug-likeness (QED) is 0.869. The van der Waals surface area contributed by atoms with Gasteiger partial charge in [0.2, 0.25) is 5.91 Å². The Balaban J connectivity index is 1.81. The fourth-order valence-corrected chi connectivity index (χ4v) is 3.71. The monoisotopic (exact) mass is 359 g/mol. The van der Waals surface area contributed by atoms with Crippen LogP contribution >= 0.6 is 27.3 Å². The first-order valence-corrected chi connectivity index (χ1v) is 8.19. The largest absolute Gasteiger partial charge is 0.352 e. The van der Waals surface area contributed by atoms with Gasteiger partial charge >= 0.3 is 6.03 Å². The van der Waals surface area contributed by atoms with Gasteiger partial charge in [0.25, 0.3) is 0 Å². The van der Waals surface area contributed by atoms with Gasteiger partial charge in [-0.05, 0) is 40.9 Å². The standard InChI is InChI=1S/C13H18BrN3O2S/c1-9(18)16-10-3-2-6-17(8-10)13(19)15-7-11-4-5-12(14)20-11/h4-5,10H,2-3,6-8H2,1H3,(H,15,19)(H,16,18). The van der Waals surface area contributed by atoms with E-state index in [0.717, 1.165) is 28.0 Å². The van der Waals surface area contributed by atoms with Crippen LogP contribution in [0.3, 0.4) is 0 Å². The zero-order chi connectivity index (χ0) is 14.5. The summed E-state index contributed by atoms with van der Waals surface area (Å²) in [7, 11) is 0. The van der Waals surface area contributed by atoms with E-state index in [2.05, 4.69) is 26.6 Å². The third-order valence-electron chi connectivity index (χ3n) is 3.16. The lowest BCUT2D eigenvalue weighted by Crippen LogP contribution is -2.51. The zero-order valence-electron chi connectivity index (χ0n) is 11.3. The Labute approximate surface area is 130 Å². The molecule has 0 bridgehead atoms. The van der Waals surface area contributed by atoms with Crippen LogP contribution in [0.2, 0.25) is 0 Å². The third-order valence-corrected chi connectivity index (χ3v) is 4.78. The Kier molecular flexibility index (Phi) is 5.42. The lowest BCUT2D eigenvalue weighted by Gasteiger charge is -2.32. The van der Waals surface area contributed by atoms with Crippen molar-refractivity contribution in [2.45, 2.75) is 32.4 Å². The zero-order valence-corrected chi connectivity index (χ0v) is 13.7. The minimum absolute atomic E-state index is 0.0410. The highest BCUT2D eigenvalue weighted by Gasteiger charge is 2.23. The Morgan fingerprint density at radius 3 is 2.95 bits per heavy atom. The molecule has 0 spiro atoms. The summed E-state index contributed by atoms with van der Waals surface area (Å²) >= 11 is 5.01. The summed E-state index contributed by atoms with van der Waals surface area (Å²) in [4.78, 5) is 26.1. The van der Waals surface area contributed by atoms with Gasteiger partial charge in [0.15, 0.2) is 0 Å². The molecule has 7 heteroatoms. The molecule has 20 heavy (non-hydrogen) atoms. The number of hydrogen-bond donors (Lipinski definition) is 2. The molecule has 1 aromatic rings. The average molecular weight is 360 g/mol. The first kappa shape index (κ1) is 15.3. The van der Waals surface area contributed by atoms with E-state index in [4.69, 9.17) is 0 Å². The minimum Gasteiger partial charge on any atom is -0.352 e. The summed E-state index contributed by atoms with van der Waals surface area (Å²) in [5.74, 6) is -0.0410. The molecule has 0 radical (unpaired) electrons. The number of carbonyl (C=O) groups excluding carboxylic acids is 2. The smallest absolute Gasteiger partial charge is 0.317 e. The van der Waals surface area contributed by atoms with Gasteiger partial charge in [-0.2, -0.15) is 0 Å². The van der Waals surface area contributed by atoms with E-state index < -0.39 is 0 Å². The number of piperidine rings is 1. The first-order chi connectivity index (χ1) is 9.54. The lowest BCUT2D eigenvalue weighted by molar-refractivity contribution is -0.119. The Morgan fingerprint density at radius 1 is 1.50 bits per heavy atom. The second kappa shape index (κ2) is 7.08. The van der Waals surface area contributed by atoms with Crippen LogP contribution < -0.4 is 10.6 Å².